The van der Waals surface area contributed by atoms with Gasteiger partial charge in [-0.15, -0.1) is 0 Å². The molecule has 4 heteroatoms. The molecule has 0 atom stereocenters. The summed E-state index contributed by atoms with van der Waals surface area (Å²) >= 11 is 0. The molecule has 21 heavy (non-hydrogen) atoms. The van der Waals surface area contributed by atoms with E-state index in [1.54, 1.807) is 0 Å². The highest BCUT2D eigenvalue weighted by molar-refractivity contribution is 5.80. The summed E-state index contributed by atoms with van der Waals surface area (Å²) in [6.45, 7) is 2.01. The van der Waals surface area contributed by atoms with Gasteiger partial charge >= 0.3 is 0 Å². The van der Waals surface area contributed by atoms with Crippen molar-refractivity contribution in [2.24, 2.45) is 0 Å². The summed E-state index contributed by atoms with van der Waals surface area (Å²) in [5.41, 5.74) is 2.72. The number of aromatic nitrogens is 3. The molecule has 0 aliphatic carbocycles. The molecule has 4 aromatic rings. The molecule has 4 rings (SSSR count). The number of hydrogen-bond donors (Lipinski definition) is 0. The molecule has 2 aromatic heterocycles. The molecule has 4 nitrogen and oxygen atoms in total. The van der Waals surface area contributed by atoms with Gasteiger partial charge in [0.25, 0.3) is 5.56 Å². The minimum atomic E-state index is -0.194. The van der Waals surface area contributed by atoms with E-state index in [0.29, 0.717) is 11.2 Å². The average Bonchev–Trinajstić information content (AvgIpc) is 2.85. The SMILES string of the molecule is Cc1cn2c3ccccc3c(=O)nc2n1-c1ccccc1. The van der Waals surface area contributed by atoms with Gasteiger partial charge < -0.3 is 0 Å². The Hall–Kier alpha value is -2.88. The topological polar surface area (TPSA) is 39.3 Å². The number of imidazole rings is 1. The van der Waals surface area contributed by atoms with E-state index in [0.717, 1.165) is 16.9 Å². The van der Waals surface area contributed by atoms with Gasteiger partial charge in [0, 0.05) is 17.6 Å². The Labute approximate surface area is 120 Å². The Morgan fingerprint density at radius 3 is 2.48 bits per heavy atom. The van der Waals surface area contributed by atoms with Crippen LogP contribution in [0.15, 0.2) is 65.6 Å². The lowest BCUT2D eigenvalue weighted by Crippen LogP contribution is -2.11. The molecule has 0 saturated carbocycles. The second-order valence-electron chi connectivity index (χ2n) is 5.05. The van der Waals surface area contributed by atoms with Crippen LogP contribution in [0.5, 0.6) is 0 Å². The van der Waals surface area contributed by atoms with E-state index in [9.17, 15) is 4.79 Å². The van der Waals surface area contributed by atoms with Crippen LogP contribution in [-0.4, -0.2) is 14.0 Å². The lowest BCUT2D eigenvalue weighted by Gasteiger charge is -2.07. The largest absolute Gasteiger partial charge is 0.284 e. The smallest absolute Gasteiger partial charge is 0.282 e. The fourth-order valence-corrected chi connectivity index (χ4v) is 2.76. The van der Waals surface area contributed by atoms with E-state index >= 15 is 0 Å². The summed E-state index contributed by atoms with van der Waals surface area (Å²) in [7, 11) is 0. The number of benzene rings is 2. The highest BCUT2D eigenvalue weighted by Gasteiger charge is 2.12. The van der Waals surface area contributed by atoms with Gasteiger partial charge in [-0.25, -0.2) is 0 Å². The number of rotatable bonds is 1. The molecular weight excluding hydrogens is 262 g/mol. The molecule has 2 aromatic carbocycles. The van der Waals surface area contributed by atoms with E-state index in [4.69, 9.17) is 0 Å². The van der Waals surface area contributed by atoms with Crippen molar-refractivity contribution in [3.8, 4) is 5.69 Å². The molecular formula is C17H13N3O. The monoisotopic (exact) mass is 275 g/mol. The maximum absolute atomic E-state index is 12.2. The first-order valence-corrected chi connectivity index (χ1v) is 6.80. The van der Waals surface area contributed by atoms with E-state index in [-0.39, 0.29) is 5.56 Å². The Morgan fingerprint density at radius 2 is 1.67 bits per heavy atom. The number of fused-ring (bicyclic) bond motifs is 3. The van der Waals surface area contributed by atoms with E-state index < -0.39 is 0 Å². The molecule has 0 aliphatic rings. The molecule has 0 bridgehead atoms. The van der Waals surface area contributed by atoms with Gasteiger partial charge in [-0.2, -0.15) is 4.98 Å². The third kappa shape index (κ3) is 1.69. The Kier molecular flexibility index (Phi) is 2.44. The molecule has 0 N–H and O–H groups in total. The second-order valence-corrected chi connectivity index (χ2v) is 5.05. The van der Waals surface area contributed by atoms with Gasteiger partial charge in [-0.3, -0.25) is 13.8 Å². The van der Waals surface area contributed by atoms with Gasteiger partial charge in [-0.05, 0) is 31.2 Å². The van der Waals surface area contributed by atoms with Crippen LogP contribution in [-0.2, 0) is 0 Å². The standard InChI is InChI=1S/C17H13N3O/c1-12-11-19-15-10-6-5-9-14(15)16(21)18-17(19)20(12)13-7-3-2-4-8-13/h2-11H,1H3. The number of nitrogens with zero attached hydrogens (tertiary/aromatic N) is 3. The van der Waals surface area contributed by atoms with Gasteiger partial charge in [0.1, 0.15) is 0 Å². The highest BCUT2D eigenvalue weighted by Crippen LogP contribution is 2.19. The zero-order valence-electron chi connectivity index (χ0n) is 11.5. The number of para-hydroxylation sites is 2. The fraction of sp³-hybridized carbons (Fsp3) is 0.0588. The van der Waals surface area contributed by atoms with Crippen molar-refractivity contribution in [1.29, 1.82) is 0 Å². The Morgan fingerprint density at radius 1 is 0.952 bits per heavy atom. The predicted molar refractivity (Wildman–Crippen MR) is 83.0 cm³/mol. The summed E-state index contributed by atoms with van der Waals surface area (Å²) in [5.74, 6) is 0.641. The van der Waals surface area contributed by atoms with E-state index in [1.165, 1.54) is 0 Å². The van der Waals surface area contributed by atoms with Crippen molar-refractivity contribution >= 4 is 16.7 Å². The molecule has 0 unspecified atom stereocenters. The van der Waals surface area contributed by atoms with Crippen molar-refractivity contribution in [3.05, 3.63) is 76.8 Å². The fourth-order valence-electron chi connectivity index (χ4n) is 2.76. The lowest BCUT2D eigenvalue weighted by atomic mass is 10.2. The molecule has 102 valence electrons. The van der Waals surface area contributed by atoms with Gasteiger partial charge in [0.2, 0.25) is 5.78 Å². The minimum absolute atomic E-state index is 0.194. The number of aryl methyl sites for hydroxylation is 1. The zero-order valence-corrected chi connectivity index (χ0v) is 11.5. The van der Waals surface area contributed by atoms with Crippen LogP contribution in [0.25, 0.3) is 22.4 Å². The highest BCUT2D eigenvalue weighted by atomic mass is 16.1. The predicted octanol–water partition coefficient (Wildman–Crippen LogP) is 2.95. The van der Waals surface area contributed by atoms with Crippen LogP contribution in [0, 0.1) is 6.92 Å². The lowest BCUT2D eigenvalue weighted by molar-refractivity contribution is 1.01. The summed E-state index contributed by atoms with van der Waals surface area (Å²) in [5, 5.41) is 0.639. The Balaban J connectivity index is 2.20. The average molecular weight is 275 g/mol. The first-order chi connectivity index (χ1) is 10.3. The first kappa shape index (κ1) is 11.9. The Bertz CT molecular complexity index is 1010. The molecule has 0 spiro atoms. The van der Waals surface area contributed by atoms with Crippen molar-refractivity contribution in [2.75, 3.05) is 0 Å². The summed E-state index contributed by atoms with van der Waals surface area (Å²) in [6.07, 6.45) is 2.01. The molecule has 0 fully saturated rings. The van der Waals surface area contributed by atoms with Crippen LogP contribution >= 0.6 is 0 Å². The molecule has 2 heterocycles. The second kappa shape index (κ2) is 4.31. The van der Waals surface area contributed by atoms with Crippen molar-refractivity contribution < 1.29 is 0 Å². The van der Waals surface area contributed by atoms with Crippen LogP contribution in [0.3, 0.4) is 0 Å². The molecule has 0 amide bonds. The van der Waals surface area contributed by atoms with Crippen LogP contribution in [0.1, 0.15) is 5.69 Å². The van der Waals surface area contributed by atoms with Crippen LogP contribution in [0.4, 0.5) is 0 Å². The summed E-state index contributed by atoms with van der Waals surface area (Å²) in [6, 6.07) is 17.5. The van der Waals surface area contributed by atoms with Crippen molar-refractivity contribution in [1.82, 2.24) is 14.0 Å². The normalized spacial score (nSPS) is 11.3. The molecule has 0 aliphatic heterocycles. The zero-order chi connectivity index (χ0) is 14.4. The van der Waals surface area contributed by atoms with E-state index in [2.05, 4.69) is 4.98 Å². The third-order valence-corrected chi connectivity index (χ3v) is 3.69. The minimum Gasteiger partial charge on any atom is -0.284 e. The maximum atomic E-state index is 12.2. The first-order valence-electron chi connectivity index (χ1n) is 6.80. The van der Waals surface area contributed by atoms with Crippen molar-refractivity contribution in [3.63, 3.8) is 0 Å². The van der Waals surface area contributed by atoms with Gasteiger partial charge in [0.15, 0.2) is 0 Å². The number of hydrogen-bond acceptors (Lipinski definition) is 2. The van der Waals surface area contributed by atoms with E-state index in [1.807, 2.05) is 76.7 Å². The third-order valence-electron chi connectivity index (χ3n) is 3.69. The van der Waals surface area contributed by atoms with Gasteiger partial charge in [0.05, 0.1) is 10.9 Å². The summed E-state index contributed by atoms with van der Waals surface area (Å²) in [4.78, 5) is 16.5. The van der Waals surface area contributed by atoms with Crippen LogP contribution in [0.2, 0.25) is 0 Å². The molecule has 0 radical (unpaired) electrons. The quantitative estimate of drug-likeness (QED) is 0.536. The maximum Gasteiger partial charge on any atom is 0.282 e. The van der Waals surface area contributed by atoms with Crippen LogP contribution < -0.4 is 5.56 Å². The van der Waals surface area contributed by atoms with Crippen molar-refractivity contribution in [2.45, 2.75) is 6.92 Å². The van der Waals surface area contributed by atoms with Gasteiger partial charge in [-0.1, -0.05) is 30.3 Å². The summed E-state index contributed by atoms with van der Waals surface area (Å²) < 4.78 is 3.97. The molecule has 0 saturated heterocycles.